The minimum absolute atomic E-state index is 0.0130. The maximum atomic E-state index is 12.9. The lowest BCUT2D eigenvalue weighted by molar-refractivity contribution is -0.0181. The van der Waals surface area contributed by atoms with E-state index in [-0.39, 0.29) is 24.1 Å². The quantitative estimate of drug-likeness (QED) is 0.295. The summed E-state index contributed by atoms with van der Waals surface area (Å²) >= 11 is 0. The van der Waals surface area contributed by atoms with Gasteiger partial charge in [-0.2, -0.15) is 0 Å². The van der Waals surface area contributed by atoms with Crippen LogP contribution in [0.25, 0.3) is 0 Å². The lowest BCUT2D eigenvalue weighted by Gasteiger charge is -2.36. The van der Waals surface area contributed by atoms with Gasteiger partial charge in [0.2, 0.25) is 0 Å². The molecular formula is C36H50O4. The lowest BCUT2D eigenvalue weighted by atomic mass is 9.75. The van der Waals surface area contributed by atoms with E-state index in [0.717, 1.165) is 38.5 Å². The molecule has 0 radical (unpaired) electrons. The third kappa shape index (κ3) is 7.98. The molecule has 0 unspecified atom stereocenters. The Bertz CT molecular complexity index is 1010. The van der Waals surface area contributed by atoms with Gasteiger partial charge in [-0.1, -0.05) is 78.6 Å². The van der Waals surface area contributed by atoms with E-state index in [4.69, 9.17) is 9.47 Å². The van der Waals surface area contributed by atoms with Gasteiger partial charge in [-0.15, -0.1) is 0 Å². The highest BCUT2D eigenvalue weighted by atomic mass is 16.5. The molecule has 0 bridgehead atoms. The van der Waals surface area contributed by atoms with E-state index in [0.29, 0.717) is 46.6 Å². The first-order valence-corrected chi connectivity index (χ1v) is 15.7. The second-order valence-corrected chi connectivity index (χ2v) is 13.4. The van der Waals surface area contributed by atoms with Crippen LogP contribution in [0, 0.1) is 35.5 Å². The molecule has 40 heavy (non-hydrogen) atoms. The molecule has 2 saturated carbocycles. The molecule has 2 aromatic carbocycles. The Balaban J connectivity index is 1.28. The zero-order valence-electron chi connectivity index (χ0n) is 25.5. The first-order chi connectivity index (χ1) is 19.1. The molecule has 0 N–H and O–H groups in total. The Kier molecular flexibility index (Phi) is 10.5. The van der Waals surface area contributed by atoms with E-state index in [2.05, 4.69) is 41.5 Å². The van der Waals surface area contributed by atoms with Crippen LogP contribution in [0.2, 0.25) is 0 Å². The number of esters is 2. The van der Waals surface area contributed by atoms with E-state index in [1.54, 1.807) is 0 Å². The van der Waals surface area contributed by atoms with Gasteiger partial charge in [0.05, 0.1) is 11.1 Å². The number of carbonyl (C=O) groups excluding carboxylic acids is 2. The fourth-order valence-electron chi connectivity index (χ4n) is 6.82. The van der Waals surface area contributed by atoms with E-state index in [1.165, 1.54) is 24.0 Å². The Morgan fingerprint density at radius 2 is 0.975 bits per heavy atom. The van der Waals surface area contributed by atoms with Crippen molar-refractivity contribution in [2.45, 2.75) is 105 Å². The van der Waals surface area contributed by atoms with Gasteiger partial charge in [0.25, 0.3) is 0 Å². The standard InChI is InChI=1S/C36H50O4/c1-23(2)31-19-7-25(5)21-33(31)39-35(37)29-15-11-27(12-16-29)9-10-28-13-17-30(18-14-28)36(38)40-34-22-26(6)8-20-32(34)24(3)4/h11-18,23-26,31-34H,7-10,19-22H2,1-6H3/t25-,26-,31-,32+,33-,34-/m1/s1. The Hall–Kier alpha value is -2.62. The molecule has 0 heterocycles. The Morgan fingerprint density at radius 1 is 0.625 bits per heavy atom. The summed E-state index contributed by atoms with van der Waals surface area (Å²) in [6.07, 6.45) is 8.39. The number of hydrogen-bond acceptors (Lipinski definition) is 4. The van der Waals surface area contributed by atoms with Crippen molar-refractivity contribution < 1.29 is 19.1 Å². The van der Waals surface area contributed by atoms with Gasteiger partial charge < -0.3 is 9.47 Å². The first kappa shape index (κ1) is 30.3. The van der Waals surface area contributed by atoms with Crippen molar-refractivity contribution in [3.8, 4) is 0 Å². The van der Waals surface area contributed by atoms with Crippen LogP contribution >= 0.6 is 0 Å². The number of hydrogen-bond donors (Lipinski definition) is 0. The molecule has 2 aromatic rings. The molecule has 2 aliphatic carbocycles. The van der Waals surface area contributed by atoms with Crippen molar-refractivity contribution >= 4 is 11.9 Å². The van der Waals surface area contributed by atoms with Crippen LogP contribution in [0.3, 0.4) is 0 Å². The Labute approximate surface area is 242 Å². The van der Waals surface area contributed by atoms with E-state index in [9.17, 15) is 9.59 Å². The van der Waals surface area contributed by atoms with Crippen molar-refractivity contribution in [3.05, 3.63) is 70.8 Å². The largest absolute Gasteiger partial charge is 0.458 e. The molecule has 218 valence electrons. The predicted molar refractivity (Wildman–Crippen MR) is 161 cm³/mol. The molecule has 2 aliphatic rings. The average molecular weight is 547 g/mol. The molecule has 0 saturated heterocycles. The predicted octanol–water partition coefficient (Wildman–Crippen LogP) is 8.71. The third-order valence-electron chi connectivity index (χ3n) is 9.52. The van der Waals surface area contributed by atoms with Crippen molar-refractivity contribution in [1.82, 2.24) is 0 Å². The molecule has 0 aromatic heterocycles. The first-order valence-electron chi connectivity index (χ1n) is 15.7. The smallest absolute Gasteiger partial charge is 0.338 e. The normalized spacial score (nSPS) is 27.0. The number of ether oxygens (including phenoxy) is 2. The second-order valence-electron chi connectivity index (χ2n) is 13.4. The monoisotopic (exact) mass is 546 g/mol. The number of rotatable bonds is 9. The number of benzene rings is 2. The molecular weight excluding hydrogens is 496 g/mol. The minimum Gasteiger partial charge on any atom is -0.458 e. The van der Waals surface area contributed by atoms with Gasteiger partial charge in [0.1, 0.15) is 12.2 Å². The van der Waals surface area contributed by atoms with E-state index < -0.39 is 0 Å². The fraction of sp³-hybridized carbons (Fsp3) is 0.611. The van der Waals surface area contributed by atoms with Crippen molar-refractivity contribution in [1.29, 1.82) is 0 Å². The summed E-state index contributed by atoms with van der Waals surface area (Å²) in [6.45, 7) is 13.4. The maximum absolute atomic E-state index is 12.9. The summed E-state index contributed by atoms with van der Waals surface area (Å²) in [5.41, 5.74) is 3.61. The van der Waals surface area contributed by atoms with Crippen LogP contribution in [0.4, 0.5) is 0 Å². The molecule has 2 fully saturated rings. The lowest BCUT2D eigenvalue weighted by Crippen LogP contribution is -2.35. The molecule has 0 spiro atoms. The molecule has 4 heteroatoms. The van der Waals surface area contributed by atoms with Crippen molar-refractivity contribution in [3.63, 3.8) is 0 Å². The van der Waals surface area contributed by atoms with Crippen LogP contribution in [-0.2, 0) is 22.3 Å². The third-order valence-corrected chi connectivity index (χ3v) is 9.52. The van der Waals surface area contributed by atoms with Gasteiger partial charge >= 0.3 is 11.9 Å². The second kappa shape index (κ2) is 13.8. The summed E-state index contributed by atoms with van der Waals surface area (Å²) in [7, 11) is 0. The highest BCUT2D eigenvalue weighted by Gasteiger charge is 2.34. The fourth-order valence-corrected chi connectivity index (χ4v) is 6.82. The van der Waals surface area contributed by atoms with Gasteiger partial charge in [-0.3, -0.25) is 0 Å². The minimum atomic E-state index is -0.207. The SMILES string of the molecule is CC(C)[C@H]1CC[C@@H](C)C[C@H]1OC(=O)c1ccc(CCc2ccc(C(=O)O[C@@H]3C[C@H](C)CC[C@H]3C(C)C)cc2)cc1. The summed E-state index contributed by atoms with van der Waals surface area (Å²) in [4.78, 5) is 25.8. The molecule has 4 nitrogen and oxygen atoms in total. The van der Waals surface area contributed by atoms with Crippen LogP contribution in [0.15, 0.2) is 48.5 Å². The van der Waals surface area contributed by atoms with Crippen LogP contribution in [0.5, 0.6) is 0 Å². The Morgan fingerprint density at radius 3 is 1.30 bits per heavy atom. The van der Waals surface area contributed by atoms with Crippen LogP contribution < -0.4 is 0 Å². The zero-order valence-corrected chi connectivity index (χ0v) is 25.5. The highest BCUT2D eigenvalue weighted by molar-refractivity contribution is 5.90. The summed E-state index contributed by atoms with van der Waals surface area (Å²) < 4.78 is 12.0. The zero-order chi connectivity index (χ0) is 28.8. The molecule has 0 amide bonds. The summed E-state index contributed by atoms with van der Waals surface area (Å²) in [5, 5.41) is 0. The number of aryl methyl sites for hydroxylation is 2. The highest BCUT2D eigenvalue weighted by Crippen LogP contribution is 2.37. The summed E-state index contributed by atoms with van der Waals surface area (Å²) in [5.74, 6) is 2.72. The topological polar surface area (TPSA) is 52.6 Å². The van der Waals surface area contributed by atoms with Crippen LogP contribution in [0.1, 0.15) is 112 Å². The van der Waals surface area contributed by atoms with Gasteiger partial charge in [0.15, 0.2) is 0 Å². The van der Waals surface area contributed by atoms with Gasteiger partial charge in [-0.05, 0) is 109 Å². The maximum Gasteiger partial charge on any atom is 0.338 e. The molecule has 6 atom stereocenters. The van der Waals surface area contributed by atoms with Gasteiger partial charge in [-0.25, -0.2) is 9.59 Å². The van der Waals surface area contributed by atoms with E-state index in [1.807, 2.05) is 48.5 Å². The molecule has 4 rings (SSSR count). The van der Waals surface area contributed by atoms with Crippen molar-refractivity contribution in [2.24, 2.45) is 35.5 Å². The van der Waals surface area contributed by atoms with Gasteiger partial charge in [0, 0.05) is 0 Å². The summed E-state index contributed by atoms with van der Waals surface area (Å²) in [6, 6.07) is 15.7. The molecule has 0 aliphatic heterocycles. The number of carbonyl (C=O) groups is 2. The van der Waals surface area contributed by atoms with Crippen molar-refractivity contribution in [2.75, 3.05) is 0 Å². The van der Waals surface area contributed by atoms with Crippen LogP contribution in [-0.4, -0.2) is 24.1 Å². The average Bonchev–Trinajstić information content (AvgIpc) is 2.92. The van der Waals surface area contributed by atoms with E-state index >= 15 is 0 Å².